The smallest absolute Gasteiger partial charge is 0.169 e. The minimum Gasteiger partial charge on any atom is -0.452 e. The van der Waals surface area contributed by atoms with Gasteiger partial charge in [-0.1, -0.05) is 6.92 Å². The molecule has 13 heavy (non-hydrogen) atoms. The summed E-state index contributed by atoms with van der Waals surface area (Å²) in [7, 11) is 0. The molecule has 2 atom stereocenters. The van der Waals surface area contributed by atoms with Crippen molar-refractivity contribution >= 4 is 27.7 Å². The molecule has 0 saturated carbocycles. The summed E-state index contributed by atoms with van der Waals surface area (Å²) in [6.45, 7) is 2.21. The van der Waals surface area contributed by atoms with Crippen molar-refractivity contribution in [3.05, 3.63) is 22.6 Å². The van der Waals surface area contributed by atoms with Gasteiger partial charge in [-0.2, -0.15) is 0 Å². The third-order valence-corrected chi connectivity index (χ3v) is 3.92. The first kappa shape index (κ1) is 9.62. The Bertz CT molecular complexity index is 289. The second-order valence-corrected chi connectivity index (χ2v) is 5.05. The Morgan fingerprint density at radius 2 is 2.54 bits per heavy atom. The molecule has 0 aromatic carbocycles. The van der Waals surface area contributed by atoms with E-state index in [4.69, 9.17) is 4.42 Å². The van der Waals surface area contributed by atoms with Crippen LogP contribution in [0.15, 0.2) is 21.2 Å². The average Bonchev–Trinajstić information content (AvgIpc) is 2.71. The second-order valence-electron chi connectivity index (χ2n) is 3.13. The lowest BCUT2D eigenvalue weighted by Gasteiger charge is -2.08. The Morgan fingerprint density at radius 3 is 3.08 bits per heavy atom. The topological polar surface area (TPSA) is 25.2 Å². The van der Waals surface area contributed by atoms with Crippen LogP contribution in [0.5, 0.6) is 0 Å². The summed E-state index contributed by atoms with van der Waals surface area (Å²) in [4.78, 5) is 0. The Hall–Kier alpha value is 0.0700. The molecular formula is C9H12BrNOS. The summed E-state index contributed by atoms with van der Waals surface area (Å²) in [5.41, 5.74) is 0. The van der Waals surface area contributed by atoms with Crippen LogP contribution >= 0.6 is 27.7 Å². The number of rotatable bonds is 2. The third-order valence-electron chi connectivity index (χ3n) is 2.20. The van der Waals surface area contributed by atoms with Crippen molar-refractivity contribution < 1.29 is 4.42 Å². The maximum absolute atomic E-state index is 5.49. The molecule has 4 heteroatoms. The van der Waals surface area contributed by atoms with Gasteiger partial charge in [0.15, 0.2) is 4.67 Å². The van der Waals surface area contributed by atoms with Crippen molar-refractivity contribution in [1.29, 1.82) is 0 Å². The zero-order valence-corrected chi connectivity index (χ0v) is 9.82. The summed E-state index contributed by atoms with van der Waals surface area (Å²) in [6, 6.07) is 4.60. The molecule has 1 aromatic heterocycles. The van der Waals surface area contributed by atoms with Gasteiger partial charge in [-0.15, -0.1) is 11.8 Å². The third kappa shape index (κ3) is 2.11. The highest BCUT2D eigenvalue weighted by Crippen LogP contribution is 2.35. The van der Waals surface area contributed by atoms with Gasteiger partial charge in [0.05, 0.1) is 0 Å². The molecule has 0 radical (unpaired) electrons. The van der Waals surface area contributed by atoms with E-state index in [2.05, 4.69) is 28.2 Å². The van der Waals surface area contributed by atoms with Crippen LogP contribution in [-0.4, -0.2) is 11.8 Å². The molecule has 1 N–H and O–H groups in total. The van der Waals surface area contributed by atoms with Crippen LogP contribution in [0, 0.1) is 0 Å². The predicted molar refractivity (Wildman–Crippen MR) is 58.8 cm³/mol. The molecule has 0 spiro atoms. The molecule has 1 fully saturated rings. The van der Waals surface area contributed by atoms with Crippen LogP contribution < -0.4 is 5.32 Å². The first-order valence-electron chi connectivity index (χ1n) is 4.42. The van der Waals surface area contributed by atoms with Crippen molar-refractivity contribution in [3.63, 3.8) is 0 Å². The highest BCUT2D eigenvalue weighted by atomic mass is 79.9. The van der Waals surface area contributed by atoms with Gasteiger partial charge >= 0.3 is 0 Å². The van der Waals surface area contributed by atoms with Gasteiger partial charge in [-0.05, 0) is 34.5 Å². The Labute approximate surface area is 90.6 Å². The number of furan rings is 1. The van der Waals surface area contributed by atoms with Gasteiger partial charge in [0.1, 0.15) is 11.1 Å². The van der Waals surface area contributed by atoms with Gasteiger partial charge in [0.25, 0.3) is 0 Å². The lowest BCUT2D eigenvalue weighted by Crippen LogP contribution is -2.24. The molecule has 1 aromatic rings. The lowest BCUT2D eigenvalue weighted by molar-refractivity contribution is 0.447. The van der Waals surface area contributed by atoms with E-state index in [-0.39, 0.29) is 0 Å². The normalized spacial score (nSPS) is 28.2. The summed E-state index contributed by atoms with van der Waals surface area (Å²) >= 11 is 5.22. The highest BCUT2D eigenvalue weighted by Gasteiger charge is 2.26. The standard InChI is InChI=1S/C9H12BrNOS/c1-2-6-5-13-9(11-6)7-3-4-8(10)12-7/h3-4,6,9,11H,2,5H2,1H3. The fourth-order valence-electron chi connectivity index (χ4n) is 1.39. The van der Waals surface area contributed by atoms with Crippen LogP contribution in [-0.2, 0) is 0 Å². The zero-order chi connectivity index (χ0) is 9.26. The zero-order valence-electron chi connectivity index (χ0n) is 7.42. The Balaban J connectivity index is 2.03. The van der Waals surface area contributed by atoms with Crippen molar-refractivity contribution in [2.24, 2.45) is 0 Å². The number of hydrogen-bond donors (Lipinski definition) is 1. The summed E-state index contributed by atoms with van der Waals surface area (Å²) in [5, 5.41) is 3.86. The first-order valence-corrected chi connectivity index (χ1v) is 6.26. The van der Waals surface area contributed by atoms with Crippen molar-refractivity contribution in [1.82, 2.24) is 5.32 Å². The fourth-order valence-corrected chi connectivity index (χ4v) is 3.05. The first-order chi connectivity index (χ1) is 6.29. The van der Waals surface area contributed by atoms with Gasteiger partial charge in [-0.25, -0.2) is 0 Å². The van der Waals surface area contributed by atoms with E-state index in [9.17, 15) is 0 Å². The minimum absolute atomic E-state index is 0.344. The molecule has 72 valence electrons. The molecule has 1 aliphatic heterocycles. The molecule has 2 rings (SSSR count). The Kier molecular flexibility index (Phi) is 3.01. The number of hydrogen-bond acceptors (Lipinski definition) is 3. The van der Waals surface area contributed by atoms with Crippen LogP contribution in [0.4, 0.5) is 0 Å². The van der Waals surface area contributed by atoms with E-state index in [0.717, 1.165) is 10.4 Å². The van der Waals surface area contributed by atoms with E-state index >= 15 is 0 Å². The van der Waals surface area contributed by atoms with E-state index in [1.807, 2.05) is 23.9 Å². The molecule has 0 aliphatic carbocycles. The van der Waals surface area contributed by atoms with E-state index in [1.54, 1.807) is 0 Å². The quantitative estimate of drug-likeness (QED) is 0.886. The van der Waals surface area contributed by atoms with Crippen molar-refractivity contribution in [3.8, 4) is 0 Å². The molecule has 0 amide bonds. The number of nitrogens with one attached hydrogen (secondary N) is 1. The summed E-state index contributed by atoms with van der Waals surface area (Å²) < 4.78 is 6.30. The van der Waals surface area contributed by atoms with Crippen LogP contribution in [0.25, 0.3) is 0 Å². The monoisotopic (exact) mass is 261 g/mol. The predicted octanol–water partition coefficient (Wildman–Crippen LogP) is 3.16. The van der Waals surface area contributed by atoms with Gasteiger partial charge in [0.2, 0.25) is 0 Å². The molecular weight excluding hydrogens is 250 g/mol. The Morgan fingerprint density at radius 1 is 1.69 bits per heavy atom. The lowest BCUT2D eigenvalue weighted by atomic mass is 10.2. The van der Waals surface area contributed by atoms with Gasteiger partial charge in [0, 0.05) is 11.8 Å². The molecule has 0 bridgehead atoms. The van der Waals surface area contributed by atoms with E-state index in [1.165, 1.54) is 12.2 Å². The number of halogens is 1. The van der Waals surface area contributed by atoms with Crippen molar-refractivity contribution in [2.75, 3.05) is 5.75 Å². The van der Waals surface area contributed by atoms with E-state index in [0.29, 0.717) is 11.4 Å². The SMILES string of the molecule is CCC1CSC(c2ccc(Br)o2)N1. The van der Waals surface area contributed by atoms with Crippen LogP contribution in [0.1, 0.15) is 24.5 Å². The molecule has 2 unspecified atom stereocenters. The maximum atomic E-state index is 5.49. The molecule has 2 nitrogen and oxygen atoms in total. The van der Waals surface area contributed by atoms with Crippen LogP contribution in [0.2, 0.25) is 0 Å². The average molecular weight is 262 g/mol. The molecule has 1 saturated heterocycles. The van der Waals surface area contributed by atoms with Crippen LogP contribution in [0.3, 0.4) is 0 Å². The van der Waals surface area contributed by atoms with Crippen molar-refractivity contribution in [2.45, 2.75) is 24.8 Å². The molecule has 1 aliphatic rings. The summed E-state index contributed by atoms with van der Waals surface area (Å²) in [5.74, 6) is 2.20. The second kappa shape index (κ2) is 4.07. The largest absolute Gasteiger partial charge is 0.452 e. The summed E-state index contributed by atoms with van der Waals surface area (Å²) in [6.07, 6.45) is 1.19. The highest BCUT2D eigenvalue weighted by molar-refractivity contribution is 9.10. The number of thioether (sulfide) groups is 1. The minimum atomic E-state index is 0.344. The molecule has 2 heterocycles. The fraction of sp³-hybridized carbons (Fsp3) is 0.556. The maximum Gasteiger partial charge on any atom is 0.169 e. The van der Waals surface area contributed by atoms with Gasteiger partial charge in [-0.3, -0.25) is 5.32 Å². The van der Waals surface area contributed by atoms with E-state index < -0.39 is 0 Å². The van der Waals surface area contributed by atoms with Gasteiger partial charge < -0.3 is 4.42 Å².